The third kappa shape index (κ3) is 3.11. The molecule has 2 nitrogen and oxygen atoms in total. The molecule has 0 amide bonds. The van der Waals surface area contributed by atoms with E-state index in [0.29, 0.717) is 12.2 Å². The van der Waals surface area contributed by atoms with Gasteiger partial charge in [0.2, 0.25) is 0 Å². The van der Waals surface area contributed by atoms with E-state index >= 15 is 0 Å². The Labute approximate surface area is 80.7 Å². The average molecular weight is 184 g/mol. The third-order valence-electron chi connectivity index (χ3n) is 2.43. The predicted molar refractivity (Wildman–Crippen MR) is 52.6 cm³/mol. The molecule has 1 aliphatic rings. The van der Waals surface area contributed by atoms with Gasteiger partial charge in [-0.15, -0.1) is 0 Å². The molecular formula is C11H20O2. The second-order valence-corrected chi connectivity index (χ2v) is 4.65. The van der Waals surface area contributed by atoms with Crippen molar-refractivity contribution in [3.05, 3.63) is 0 Å². The van der Waals surface area contributed by atoms with E-state index in [1.807, 2.05) is 27.7 Å². The third-order valence-corrected chi connectivity index (χ3v) is 2.43. The van der Waals surface area contributed by atoms with E-state index in [-0.39, 0.29) is 17.6 Å². The van der Waals surface area contributed by atoms with Gasteiger partial charge >= 0.3 is 0 Å². The first-order chi connectivity index (χ1) is 5.95. The first kappa shape index (κ1) is 10.7. The van der Waals surface area contributed by atoms with Crippen LogP contribution in [0.2, 0.25) is 0 Å². The highest BCUT2D eigenvalue weighted by molar-refractivity contribution is 5.81. The van der Waals surface area contributed by atoms with Gasteiger partial charge in [-0.3, -0.25) is 4.79 Å². The topological polar surface area (TPSA) is 26.3 Å². The second-order valence-electron chi connectivity index (χ2n) is 4.65. The Bertz CT molecular complexity index is 190. The number of carbonyl (C=O) groups excluding carboxylic acids is 1. The molecule has 76 valence electrons. The van der Waals surface area contributed by atoms with Crippen molar-refractivity contribution >= 4 is 5.78 Å². The second kappa shape index (κ2) is 3.79. The first-order valence-corrected chi connectivity index (χ1v) is 5.16. The minimum atomic E-state index is -0.0739. The van der Waals surface area contributed by atoms with Crippen molar-refractivity contribution in [2.75, 3.05) is 0 Å². The number of ether oxygens (including phenoxy) is 1. The highest BCUT2D eigenvalue weighted by Gasteiger charge is 2.46. The maximum absolute atomic E-state index is 11.5. The molecule has 0 spiro atoms. The summed E-state index contributed by atoms with van der Waals surface area (Å²) in [6, 6.07) is 0. The quantitative estimate of drug-likeness (QED) is 0.656. The van der Waals surface area contributed by atoms with Crippen LogP contribution in [0.3, 0.4) is 0 Å². The Hall–Kier alpha value is -0.370. The SMILES string of the molecule is CC(C)OC1(CC(=O)C(C)C)CC1. The van der Waals surface area contributed by atoms with Crippen LogP contribution in [0.25, 0.3) is 0 Å². The van der Waals surface area contributed by atoms with Gasteiger partial charge in [-0.05, 0) is 26.7 Å². The van der Waals surface area contributed by atoms with Gasteiger partial charge in [-0.1, -0.05) is 13.8 Å². The van der Waals surface area contributed by atoms with Crippen LogP contribution in [0, 0.1) is 5.92 Å². The van der Waals surface area contributed by atoms with Gasteiger partial charge < -0.3 is 4.74 Å². The van der Waals surface area contributed by atoms with E-state index in [1.54, 1.807) is 0 Å². The molecule has 0 saturated heterocycles. The summed E-state index contributed by atoms with van der Waals surface area (Å²) in [6.45, 7) is 7.96. The van der Waals surface area contributed by atoms with Crippen LogP contribution in [-0.2, 0) is 9.53 Å². The van der Waals surface area contributed by atoms with Crippen LogP contribution in [0.15, 0.2) is 0 Å². The first-order valence-electron chi connectivity index (χ1n) is 5.16. The van der Waals surface area contributed by atoms with Crippen molar-refractivity contribution < 1.29 is 9.53 Å². The summed E-state index contributed by atoms with van der Waals surface area (Å²) in [4.78, 5) is 11.5. The molecule has 1 saturated carbocycles. The molecule has 0 N–H and O–H groups in total. The highest BCUT2D eigenvalue weighted by atomic mass is 16.5. The monoisotopic (exact) mass is 184 g/mol. The van der Waals surface area contributed by atoms with E-state index < -0.39 is 0 Å². The standard InChI is InChI=1S/C11H20O2/c1-8(2)10(12)7-11(5-6-11)13-9(3)4/h8-9H,5-7H2,1-4H3. The fourth-order valence-electron chi connectivity index (χ4n) is 1.50. The smallest absolute Gasteiger partial charge is 0.138 e. The Kier molecular flexibility index (Phi) is 3.12. The van der Waals surface area contributed by atoms with Gasteiger partial charge in [0.25, 0.3) is 0 Å². The minimum Gasteiger partial charge on any atom is -0.372 e. The van der Waals surface area contributed by atoms with Crippen molar-refractivity contribution in [3.8, 4) is 0 Å². The number of hydrogen-bond acceptors (Lipinski definition) is 2. The van der Waals surface area contributed by atoms with Crippen LogP contribution in [0.1, 0.15) is 47.0 Å². The number of Topliss-reactive ketones (excluding diaryl/α,β-unsaturated/α-hetero) is 1. The summed E-state index contributed by atoms with van der Waals surface area (Å²) in [7, 11) is 0. The van der Waals surface area contributed by atoms with Crippen molar-refractivity contribution in [1.82, 2.24) is 0 Å². The maximum Gasteiger partial charge on any atom is 0.138 e. The van der Waals surface area contributed by atoms with E-state index in [4.69, 9.17) is 4.74 Å². The zero-order chi connectivity index (χ0) is 10.1. The minimum absolute atomic E-state index is 0.0739. The zero-order valence-electron chi connectivity index (χ0n) is 9.09. The summed E-state index contributed by atoms with van der Waals surface area (Å²) in [5, 5.41) is 0. The zero-order valence-corrected chi connectivity index (χ0v) is 9.09. The number of carbonyl (C=O) groups is 1. The Morgan fingerprint density at radius 3 is 2.15 bits per heavy atom. The van der Waals surface area contributed by atoms with Crippen molar-refractivity contribution in [2.45, 2.75) is 58.7 Å². The lowest BCUT2D eigenvalue weighted by atomic mass is 10.0. The number of ketones is 1. The predicted octanol–water partition coefficient (Wildman–Crippen LogP) is 2.56. The molecule has 0 aromatic carbocycles. The van der Waals surface area contributed by atoms with Crippen LogP contribution < -0.4 is 0 Å². The van der Waals surface area contributed by atoms with Gasteiger partial charge in [0.05, 0.1) is 11.7 Å². The average Bonchev–Trinajstić information content (AvgIpc) is 2.67. The Balaban J connectivity index is 2.39. The van der Waals surface area contributed by atoms with Gasteiger partial charge in [0.1, 0.15) is 5.78 Å². The van der Waals surface area contributed by atoms with Crippen LogP contribution in [0.4, 0.5) is 0 Å². The molecule has 0 heterocycles. The van der Waals surface area contributed by atoms with Crippen molar-refractivity contribution in [1.29, 1.82) is 0 Å². The molecule has 13 heavy (non-hydrogen) atoms. The maximum atomic E-state index is 11.5. The summed E-state index contributed by atoms with van der Waals surface area (Å²) in [6.07, 6.45) is 2.97. The van der Waals surface area contributed by atoms with Gasteiger partial charge in [-0.2, -0.15) is 0 Å². The summed E-state index contributed by atoms with van der Waals surface area (Å²) >= 11 is 0. The van der Waals surface area contributed by atoms with Crippen molar-refractivity contribution in [2.24, 2.45) is 5.92 Å². The summed E-state index contributed by atoms with van der Waals surface area (Å²) < 4.78 is 5.75. The lowest BCUT2D eigenvalue weighted by Gasteiger charge is -2.19. The van der Waals surface area contributed by atoms with E-state index in [9.17, 15) is 4.79 Å². The van der Waals surface area contributed by atoms with E-state index in [1.165, 1.54) is 0 Å². The molecule has 1 aliphatic carbocycles. The molecule has 1 fully saturated rings. The Morgan fingerprint density at radius 2 is 1.85 bits per heavy atom. The van der Waals surface area contributed by atoms with E-state index in [2.05, 4.69) is 0 Å². The molecule has 1 rings (SSSR count). The lowest BCUT2D eigenvalue weighted by Crippen LogP contribution is -2.25. The molecule has 0 radical (unpaired) electrons. The normalized spacial score (nSPS) is 19.5. The Morgan fingerprint density at radius 1 is 1.31 bits per heavy atom. The molecule has 0 atom stereocenters. The van der Waals surface area contributed by atoms with Gasteiger partial charge in [0, 0.05) is 12.3 Å². The van der Waals surface area contributed by atoms with Gasteiger partial charge in [0.15, 0.2) is 0 Å². The van der Waals surface area contributed by atoms with Gasteiger partial charge in [-0.25, -0.2) is 0 Å². The van der Waals surface area contributed by atoms with Crippen LogP contribution in [-0.4, -0.2) is 17.5 Å². The molecule has 0 aromatic rings. The molecule has 0 unspecified atom stereocenters. The fourth-order valence-corrected chi connectivity index (χ4v) is 1.50. The molecule has 0 bridgehead atoms. The number of hydrogen-bond donors (Lipinski definition) is 0. The summed E-state index contributed by atoms with van der Waals surface area (Å²) in [5.74, 6) is 0.478. The summed E-state index contributed by atoms with van der Waals surface area (Å²) in [5.41, 5.74) is -0.0739. The van der Waals surface area contributed by atoms with Crippen LogP contribution in [0.5, 0.6) is 0 Å². The molecule has 0 aromatic heterocycles. The lowest BCUT2D eigenvalue weighted by molar-refractivity contribution is -0.126. The number of rotatable bonds is 5. The van der Waals surface area contributed by atoms with E-state index in [0.717, 1.165) is 12.8 Å². The fraction of sp³-hybridized carbons (Fsp3) is 0.909. The largest absolute Gasteiger partial charge is 0.372 e. The molecular weight excluding hydrogens is 164 g/mol. The molecule has 0 aliphatic heterocycles. The highest BCUT2D eigenvalue weighted by Crippen LogP contribution is 2.44. The van der Waals surface area contributed by atoms with Crippen LogP contribution >= 0.6 is 0 Å². The van der Waals surface area contributed by atoms with Crippen molar-refractivity contribution in [3.63, 3.8) is 0 Å². The molecule has 2 heteroatoms.